The molecule has 0 spiro atoms. The zero-order valence-electron chi connectivity index (χ0n) is 11.9. The van der Waals surface area contributed by atoms with Crippen molar-refractivity contribution in [1.29, 1.82) is 0 Å². The van der Waals surface area contributed by atoms with Gasteiger partial charge in [0.25, 0.3) is 5.91 Å². The minimum atomic E-state index is -0.125. The van der Waals surface area contributed by atoms with Gasteiger partial charge >= 0.3 is 0 Å². The number of halogens is 2. The first-order valence-corrected chi connectivity index (χ1v) is 9.55. The Morgan fingerprint density at radius 2 is 1.91 bits per heavy atom. The van der Waals surface area contributed by atoms with Crippen LogP contribution in [-0.4, -0.2) is 10.9 Å². The summed E-state index contributed by atoms with van der Waals surface area (Å²) in [6.07, 6.45) is 2.63. The molecule has 0 radical (unpaired) electrons. The molecule has 2 aromatic carbocycles. The van der Waals surface area contributed by atoms with Crippen molar-refractivity contribution in [1.82, 2.24) is 4.98 Å². The molecule has 0 fully saturated rings. The van der Waals surface area contributed by atoms with Crippen molar-refractivity contribution in [3.05, 3.63) is 78.8 Å². The average Bonchev–Trinajstić information content (AvgIpc) is 2.97. The van der Waals surface area contributed by atoms with Crippen LogP contribution in [0.4, 0.5) is 5.13 Å². The van der Waals surface area contributed by atoms with Crippen LogP contribution in [0.3, 0.4) is 0 Å². The highest BCUT2D eigenvalue weighted by atomic mass is 127. The van der Waals surface area contributed by atoms with Gasteiger partial charge < -0.3 is 0 Å². The van der Waals surface area contributed by atoms with E-state index in [-0.39, 0.29) is 5.91 Å². The Labute approximate surface area is 160 Å². The van der Waals surface area contributed by atoms with E-state index in [0.29, 0.717) is 10.7 Å². The van der Waals surface area contributed by atoms with Crippen LogP contribution in [0, 0.1) is 3.57 Å². The average molecular weight is 499 g/mol. The van der Waals surface area contributed by atoms with E-state index in [4.69, 9.17) is 0 Å². The molecule has 1 N–H and O–H groups in total. The number of thiazole rings is 1. The lowest BCUT2D eigenvalue weighted by atomic mass is 10.1. The second kappa shape index (κ2) is 7.55. The molecule has 0 saturated heterocycles. The lowest BCUT2D eigenvalue weighted by Crippen LogP contribution is -2.12. The molecular weight excluding hydrogens is 487 g/mol. The first-order valence-electron chi connectivity index (χ1n) is 6.87. The smallest absolute Gasteiger partial charge is 0.258 e. The summed E-state index contributed by atoms with van der Waals surface area (Å²) < 4.78 is 1.99. The lowest BCUT2D eigenvalue weighted by molar-refractivity contribution is 0.102. The summed E-state index contributed by atoms with van der Waals surface area (Å²) in [5.74, 6) is -0.125. The number of nitrogens with one attached hydrogen (secondary N) is 1. The van der Waals surface area contributed by atoms with Gasteiger partial charge in [0.05, 0.1) is 5.56 Å². The SMILES string of the molecule is O=C(Nc1ncc(Cc2ccc(Br)cc2)s1)c1ccccc1I. The molecule has 1 aromatic heterocycles. The Morgan fingerprint density at radius 3 is 2.65 bits per heavy atom. The number of rotatable bonds is 4. The van der Waals surface area contributed by atoms with Crippen molar-refractivity contribution in [2.24, 2.45) is 0 Å². The van der Waals surface area contributed by atoms with Gasteiger partial charge in [0.2, 0.25) is 0 Å². The third kappa shape index (κ3) is 4.39. The molecule has 3 nitrogen and oxygen atoms in total. The number of hydrogen-bond acceptors (Lipinski definition) is 3. The van der Waals surface area contributed by atoms with Crippen LogP contribution in [0.25, 0.3) is 0 Å². The maximum absolute atomic E-state index is 12.3. The van der Waals surface area contributed by atoms with Crippen molar-refractivity contribution in [3.8, 4) is 0 Å². The molecule has 23 heavy (non-hydrogen) atoms. The minimum Gasteiger partial charge on any atom is -0.298 e. The van der Waals surface area contributed by atoms with Crippen molar-refractivity contribution in [3.63, 3.8) is 0 Å². The van der Waals surface area contributed by atoms with E-state index in [9.17, 15) is 4.79 Å². The molecule has 0 unspecified atom stereocenters. The summed E-state index contributed by atoms with van der Waals surface area (Å²) in [7, 11) is 0. The fourth-order valence-electron chi connectivity index (χ4n) is 2.06. The van der Waals surface area contributed by atoms with Crippen LogP contribution in [0.15, 0.2) is 59.2 Å². The van der Waals surface area contributed by atoms with Gasteiger partial charge in [-0.2, -0.15) is 0 Å². The van der Waals surface area contributed by atoms with Crippen LogP contribution in [0.2, 0.25) is 0 Å². The second-order valence-corrected chi connectivity index (χ2v) is 8.06. The number of benzene rings is 2. The third-order valence-electron chi connectivity index (χ3n) is 3.18. The maximum atomic E-state index is 12.3. The first kappa shape index (κ1) is 16.6. The van der Waals surface area contributed by atoms with E-state index in [0.717, 1.165) is 19.3 Å². The van der Waals surface area contributed by atoms with Crippen LogP contribution in [0.1, 0.15) is 20.8 Å². The van der Waals surface area contributed by atoms with E-state index in [1.165, 1.54) is 16.9 Å². The molecule has 1 heterocycles. The van der Waals surface area contributed by atoms with Gasteiger partial charge in [0.15, 0.2) is 5.13 Å². The summed E-state index contributed by atoms with van der Waals surface area (Å²) in [6.45, 7) is 0. The minimum absolute atomic E-state index is 0.125. The van der Waals surface area contributed by atoms with Gasteiger partial charge in [-0.15, -0.1) is 11.3 Å². The van der Waals surface area contributed by atoms with Crippen LogP contribution in [-0.2, 0) is 6.42 Å². The van der Waals surface area contributed by atoms with E-state index >= 15 is 0 Å². The molecule has 0 bridgehead atoms. The summed E-state index contributed by atoms with van der Waals surface area (Å²) >= 11 is 7.10. The Balaban J connectivity index is 1.69. The van der Waals surface area contributed by atoms with E-state index in [2.05, 4.69) is 61.0 Å². The molecule has 116 valence electrons. The fraction of sp³-hybridized carbons (Fsp3) is 0.0588. The lowest BCUT2D eigenvalue weighted by Gasteiger charge is -2.03. The Morgan fingerprint density at radius 1 is 1.17 bits per heavy atom. The number of carbonyl (C=O) groups is 1. The number of aromatic nitrogens is 1. The molecular formula is C17H12BrIN2OS. The molecule has 0 aliphatic carbocycles. The predicted octanol–water partition coefficient (Wildman–Crippen LogP) is 5.35. The number of nitrogens with zero attached hydrogens (tertiary/aromatic N) is 1. The maximum Gasteiger partial charge on any atom is 0.258 e. The topological polar surface area (TPSA) is 42.0 Å². The Hall–Kier alpha value is -1.25. The van der Waals surface area contributed by atoms with E-state index < -0.39 is 0 Å². The van der Waals surface area contributed by atoms with Crippen LogP contribution in [0.5, 0.6) is 0 Å². The monoisotopic (exact) mass is 498 g/mol. The molecule has 3 rings (SSSR count). The normalized spacial score (nSPS) is 10.5. The van der Waals surface area contributed by atoms with E-state index in [1.807, 2.05) is 42.6 Å². The summed E-state index contributed by atoms with van der Waals surface area (Å²) in [4.78, 5) is 17.7. The highest BCUT2D eigenvalue weighted by molar-refractivity contribution is 14.1. The fourth-order valence-corrected chi connectivity index (χ4v) is 3.80. The Kier molecular flexibility index (Phi) is 5.45. The largest absolute Gasteiger partial charge is 0.298 e. The number of carbonyl (C=O) groups excluding carboxylic acids is 1. The van der Waals surface area contributed by atoms with Gasteiger partial charge in [-0.05, 0) is 52.4 Å². The summed E-state index contributed by atoms with van der Waals surface area (Å²) in [5, 5.41) is 3.50. The number of anilines is 1. The molecule has 3 aromatic rings. The van der Waals surface area contributed by atoms with Gasteiger partial charge in [-0.3, -0.25) is 10.1 Å². The van der Waals surface area contributed by atoms with Crippen molar-refractivity contribution < 1.29 is 4.79 Å². The standard InChI is InChI=1S/C17H12BrIN2OS/c18-12-7-5-11(6-8-12)9-13-10-20-17(23-13)21-16(22)14-3-1-2-4-15(14)19/h1-8,10H,9H2,(H,20,21,22). The van der Waals surface area contributed by atoms with Crippen molar-refractivity contribution in [2.75, 3.05) is 5.32 Å². The third-order valence-corrected chi connectivity index (χ3v) is 5.57. The van der Waals surface area contributed by atoms with Gasteiger partial charge in [-0.1, -0.05) is 40.2 Å². The highest BCUT2D eigenvalue weighted by Gasteiger charge is 2.11. The first-order chi connectivity index (χ1) is 11.1. The predicted molar refractivity (Wildman–Crippen MR) is 106 cm³/mol. The molecule has 0 atom stereocenters. The number of amides is 1. The van der Waals surface area contributed by atoms with Gasteiger partial charge in [0.1, 0.15) is 0 Å². The van der Waals surface area contributed by atoms with Gasteiger partial charge in [-0.25, -0.2) is 4.98 Å². The summed E-state index contributed by atoms with van der Waals surface area (Å²) in [5.41, 5.74) is 1.88. The molecule has 6 heteroatoms. The summed E-state index contributed by atoms with van der Waals surface area (Å²) in [6, 6.07) is 15.7. The molecule has 0 saturated carbocycles. The quantitative estimate of drug-likeness (QED) is 0.492. The van der Waals surface area contributed by atoms with E-state index in [1.54, 1.807) is 0 Å². The zero-order chi connectivity index (χ0) is 16.2. The van der Waals surface area contributed by atoms with Crippen LogP contribution >= 0.6 is 49.9 Å². The van der Waals surface area contributed by atoms with Crippen molar-refractivity contribution in [2.45, 2.75) is 6.42 Å². The van der Waals surface area contributed by atoms with Gasteiger partial charge in [0, 0.05) is 25.5 Å². The highest BCUT2D eigenvalue weighted by Crippen LogP contribution is 2.23. The number of hydrogen-bond donors (Lipinski definition) is 1. The molecule has 1 amide bonds. The van der Waals surface area contributed by atoms with Crippen molar-refractivity contribution >= 4 is 60.9 Å². The molecule has 0 aliphatic heterocycles. The van der Waals surface area contributed by atoms with Crippen LogP contribution < -0.4 is 5.32 Å². The molecule has 0 aliphatic rings. The Bertz CT molecular complexity index is 833. The zero-order valence-corrected chi connectivity index (χ0v) is 16.5. The second-order valence-electron chi connectivity index (χ2n) is 4.87.